The lowest BCUT2D eigenvalue weighted by atomic mass is 9.85. The van der Waals surface area contributed by atoms with Crippen molar-refractivity contribution in [3.63, 3.8) is 0 Å². The molecule has 0 saturated heterocycles. The molecule has 1 saturated carbocycles. The van der Waals surface area contributed by atoms with Crippen molar-refractivity contribution in [1.82, 2.24) is 24.6 Å². The van der Waals surface area contributed by atoms with Crippen molar-refractivity contribution >= 4 is 22.2 Å². The Kier molecular flexibility index (Phi) is 2.50. The van der Waals surface area contributed by atoms with Crippen molar-refractivity contribution in [3.05, 3.63) is 42.6 Å². The number of rotatable bonds is 2. The summed E-state index contributed by atoms with van der Waals surface area (Å²) in [6.45, 7) is 0. The van der Waals surface area contributed by atoms with E-state index in [0.717, 1.165) is 41.0 Å². The molecule has 4 aromatic rings. The first-order chi connectivity index (χ1) is 11.3. The van der Waals surface area contributed by atoms with E-state index in [-0.39, 0.29) is 0 Å². The lowest BCUT2D eigenvalue weighted by Crippen LogP contribution is -2.15. The molecular weight excluding hydrogens is 288 g/mol. The minimum atomic E-state index is 0.447. The molecular formula is C17H16N6. The Balaban J connectivity index is 1.69. The van der Waals surface area contributed by atoms with E-state index in [4.69, 9.17) is 5.73 Å². The van der Waals surface area contributed by atoms with Crippen LogP contribution in [0.3, 0.4) is 0 Å². The Bertz CT molecular complexity index is 1020. The second-order valence-corrected chi connectivity index (χ2v) is 6.15. The molecule has 0 atom stereocenters. The number of hydrogen-bond donors (Lipinski definition) is 2. The summed E-state index contributed by atoms with van der Waals surface area (Å²) in [4.78, 5) is 12.3. The minimum absolute atomic E-state index is 0.447. The van der Waals surface area contributed by atoms with Gasteiger partial charge in [0, 0.05) is 23.2 Å². The topological polar surface area (TPSA) is 84.9 Å². The number of aromatic amines is 1. The van der Waals surface area contributed by atoms with Crippen LogP contribution in [0.5, 0.6) is 0 Å². The van der Waals surface area contributed by atoms with Crippen molar-refractivity contribution in [1.29, 1.82) is 0 Å². The number of nitrogens with one attached hydrogen (secondary N) is 1. The summed E-state index contributed by atoms with van der Waals surface area (Å²) >= 11 is 0. The fraction of sp³-hybridized carbons (Fsp3) is 0.235. The normalized spacial score (nSPS) is 15.3. The van der Waals surface area contributed by atoms with Crippen LogP contribution in [0.2, 0.25) is 0 Å². The van der Waals surface area contributed by atoms with Gasteiger partial charge in [-0.25, -0.2) is 14.5 Å². The number of hydrogen-bond acceptors (Lipinski definition) is 4. The highest BCUT2D eigenvalue weighted by molar-refractivity contribution is 5.90. The molecule has 1 aliphatic carbocycles. The number of imidazole rings is 1. The smallest absolute Gasteiger partial charge is 0.154 e. The highest BCUT2D eigenvalue weighted by Crippen LogP contribution is 2.35. The maximum atomic E-state index is 6.23. The van der Waals surface area contributed by atoms with Crippen molar-refractivity contribution in [2.45, 2.75) is 25.2 Å². The summed E-state index contributed by atoms with van der Waals surface area (Å²) in [7, 11) is 0. The SMILES string of the molecule is Nc1nc(C2CCC2)nn2cnc(-c3ccc4cc[nH]c4c3)c12. The Morgan fingerprint density at radius 2 is 2.13 bits per heavy atom. The molecule has 1 aromatic carbocycles. The molecule has 6 heteroatoms. The van der Waals surface area contributed by atoms with Gasteiger partial charge in [-0.1, -0.05) is 18.6 Å². The van der Waals surface area contributed by atoms with Crippen LogP contribution in [-0.2, 0) is 0 Å². The summed E-state index contributed by atoms with van der Waals surface area (Å²) in [6.07, 6.45) is 7.20. The van der Waals surface area contributed by atoms with Gasteiger partial charge in [-0.15, -0.1) is 0 Å². The molecule has 1 aliphatic rings. The average molecular weight is 304 g/mol. The van der Waals surface area contributed by atoms with Crippen molar-refractivity contribution in [3.8, 4) is 11.3 Å². The van der Waals surface area contributed by atoms with Crippen LogP contribution in [-0.4, -0.2) is 24.6 Å². The summed E-state index contributed by atoms with van der Waals surface area (Å²) < 4.78 is 1.77. The minimum Gasteiger partial charge on any atom is -0.382 e. The maximum absolute atomic E-state index is 6.23. The van der Waals surface area contributed by atoms with Gasteiger partial charge >= 0.3 is 0 Å². The third-order valence-electron chi connectivity index (χ3n) is 4.74. The maximum Gasteiger partial charge on any atom is 0.154 e. The molecule has 3 aromatic heterocycles. The first-order valence-corrected chi connectivity index (χ1v) is 7.88. The van der Waals surface area contributed by atoms with E-state index >= 15 is 0 Å². The molecule has 0 bridgehead atoms. The number of anilines is 1. The molecule has 114 valence electrons. The van der Waals surface area contributed by atoms with Gasteiger partial charge in [-0.3, -0.25) is 0 Å². The van der Waals surface area contributed by atoms with Gasteiger partial charge in [-0.05, 0) is 30.4 Å². The predicted molar refractivity (Wildman–Crippen MR) is 89.1 cm³/mol. The van der Waals surface area contributed by atoms with Crippen LogP contribution in [0.1, 0.15) is 31.0 Å². The monoisotopic (exact) mass is 304 g/mol. The molecule has 23 heavy (non-hydrogen) atoms. The predicted octanol–water partition coefficient (Wildman–Crippen LogP) is 3.12. The van der Waals surface area contributed by atoms with Gasteiger partial charge in [0.2, 0.25) is 0 Å². The number of nitrogen functional groups attached to an aromatic ring is 1. The number of fused-ring (bicyclic) bond motifs is 2. The Labute approximate surface area is 132 Å². The van der Waals surface area contributed by atoms with Gasteiger partial charge in [-0.2, -0.15) is 5.10 Å². The number of nitrogens with two attached hydrogens (primary N) is 1. The molecule has 5 rings (SSSR count). The zero-order valence-electron chi connectivity index (χ0n) is 12.5. The highest BCUT2D eigenvalue weighted by atomic mass is 15.3. The van der Waals surface area contributed by atoms with Gasteiger partial charge in [0.05, 0.1) is 0 Å². The number of benzene rings is 1. The van der Waals surface area contributed by atoms with E-state index in [1.165, 1.54) is 11.8 Å². The Morgan fingerprint density at radius 3 is 2.96 bits per heavy atom. The molecule has 6 nitrogen and oxygen atoms in total. The van der Waals surface area contributed by atoms with Crippen LogP contribution in [0, 0.1) is 0 Å². The Hall–Kier alpha value is -2.89. The zero-order chi connectivity index (χ0) is 15.4. The highest BCUT2D eigenvalue weighted by Gasteiger charge is 2.24. The first-order valence-electron chi connectivity index (χ1n) is 7.88. The number of aromatic nitrogens is 5. The fourth-order valence-electron chi connectivity index (χ4n) is 3.21. The average Bonchev–Trinajstić information content (AvgIpc) is 3.10. The molecule has 0 amide bonds. The third kappa shape index (κ3) is 1.84. The van der Waals surface area contributed by atoms with Gasteiger partial charge in [0.1, 0.15) is 17.5 Å². The third-order valence-corrected chi connectivity index (χ3v) is 4.74. The zero-order valence-corrected chi connectivity index (χ0v) is 12.5. The second kappa shape index (κ2) is 4.55. The van der Waals surface area contributed by atoms with E-state index in [0.29, 0.717) is 11.7 Å². The first kappa shape index (κ1) is 12.6. The van der Waals surface area contributed by atoms with Gasteiger partial charge < -0.3 is 10.7 Å². The molecule has 0 aliphatic heterocycles. The molecule has 0 radical (unpaired) electrons. The van der Waals surface area contributed by atoms with Crippen LogP contribution < -0.4 is 5.73 Å². The standard InChI is InChI=1S/C17H16N6/c18-16-15-14(12-5-4-10-6-7-19-13(10)8-12)20-9-23(15)22-17(21-16)11-2-1-3-11/h4-9,11,19H,1-3H2,(H2,18,21,22). The largest absolute Gasteiger partial charge is 0.382 e. The lowest BCUT2D eigenvalue weighted by molar-refractivity contribution is 0.397. The summed E-state index contributed by atoms with van der Waals surface area (Å²) in [5, 5.41) is 5.79. The van der Waals surface area contributed by atoms with Crippen molar-refractivity contribution in [2.75, 3.05) is 5.73 Å². The summed E-state index contributed by atoms with van der Waals surface area (Å²) in [6, 6.07) is 8.26. The van der Waals surface area contributed by atoms with Gasteiger partial charge in [0.25, 0.3) is 0 Å². The Morgan fingerprint density at radius 1 is 1.22 bits per heavy atom. The van der Waals surface area contributed by atoms with Crippen molar-refractivity contribution in [2.24, 2.45) is 0 Å². The van der Waals surface area contributed by atoms with Crippen molar-refractivity contribution < 1.29 is 0 Å². The van der Waals surface area contributed by atoms with Crippen LogP contribution in [0.25, 0.3) is 27.7 Å². The molecule has 0 spiro atoms. The van der Waals surface area contributed by atoms with Crippen LogP contribution in [0.15, 0.2) is 36.8 Å². The van der Waals surface area contributed by atoms with E-state index in [2.05, 4.69) is 38.2 Å². The molecule has 3 heterocycles. The number of H-pyrrole nitrogens is 1. The number of nitrogens with zero attached hydrogens (tertiary/aromatic N) is 4. The van der Waals surface area contributed by atoms with Crippen LogP contribution in [0.4, 0.5) is 5.82 Å². The lowest BCUT2D eigenvalue weighted by Gasteiger charge is -2.23. The van der Waals surface area contributed by atoms with E-state index in [9.17, 15) is 0 Å². The fourth-order valence-corrected chi connectivity index (χ4v) is 3.21. The van der Waals surface area contributed by atoms with Gasteiger partial charge in [0.15, 0.2) is 11.6 Å². The summed E-state index contributed by atoms with van der Waals surface area (Å²) in [5.74, 6) is 1.79. The molecule has 0 unspecified atom stereocenters. The molecule has 1 fully saturated rings. The quantitative estimate of drug-likeness (QED) is 0.596. The second-order valence-electron chi connectivity index (χ2n) is 6.15. The van der Waals surface area contributed by atoms with Crippen LogP contribution >= 0.6 is 0 Å². The summed E-state index contributed by atoms with van der Waals surface area (Å²) in [5.41, 5.74) is 9.91. The molecule has 3 N–H and O–H groups in total. The van der Waals surface area contributed by atoms with E-state index in [1.807, 2.05) is 12.3 Å². The van der Waals surface area contributed by atoms with E-state index < -0.39 is 0 Å². The van der Waals surface area contributed by atoms with E-state index in [1.54, 1.807) is 10.8 Å².